The number of fused-ring (bicyclic) bond motifs is 1. The van der Waals surface area contributed by atoms with Gasteiger partial charge in [0.25, 0.3) is 11.8 Å². The molecule has 1 fully saturated rings. The molecule has 0 aliphatic carbocycles. The molecule has 3 atom stereocenters. The number of thiophene rings is 1. The fraction of sp³-hybridized carbons (Fsp3) is 0.526. The fourth-order valence-corrected chi connectivity index (χ4v) is 5.91. The monoisotopic (exact) mass is 454 g/mol. The lowest BCUT2D eigenvalue weighted by Crippen LogP contribution is -2.43. The van der Waals surface area contributed by atoms with Gasteiger partial charge in [0.15, 0.2) is 5.01 Å². The summed E-state index contributed by atoms with van der Waals surface area (Å²) in [6.07, 6.45) is 0.598. The molecular weight excluding hydrogens is 432 g/mol. The van der Waals surface area contributed by atoms with Gasteiger partial charge < -0.3 is 15.0 Å². The van der Waals surface area contributed by atoms with Crippen molar-refractivity contribution in [1.29, 1.82) is 0 Å². The van der Waals surface area contributed by atoms with Gasteiger partial charge in [-0.2, -0.15) is 0 Å². The smallest absolute Gasteiger partial charge is 0.283 e. The molecule has 2 aliphatic heterocycles. The maximum atomic E-state index is 13.1. The number of hydrogen-bond acceptors (Lipinski definition) is 7. The first kappa shape index (κ1) is 20.7. The number of nitrogens with one attached hydrogen (secondary N) is 1. The third-order valence-electron chi connectivity index (χ3n) is 5.62. The molecule has 10 heteroatoms. The molecule has 1 unspecified atom stereocenters. The second kappa shape index (κ2) is 8.31. The van der Waals surface area contributed by atoms with E-state index in [2.05, 4.69) is 29.2 Å². The van der Waals surface area contributed by atoms with Gasteiger partial charge in [0.1, 0.15) is 0 Å². The van der Waals surface area contributed by atoms with Crippen LogP contribution in [0.5, 0.6) is 0 Å². The molecule has 0 saturated carbocycles. The number of likely N-dealkylation sites (N-methyl/N-ethyl adjacent to an activating group) is 1. The van der Waals surface area contributed by atoms with Gasteiger partial charge in [-0.3, -0.25) is 14.5 Å². The number of halogens is 1. The summed E-state index contributed by atoms with van der Waals surface area (Å²) in [6.45, 7) is 3.90. The van der Waals surface area contributed by atoms with Gasteiger partial charge in [-0.05, 0) is 26.1 Å². The molecule has 7 nitrogen and oxygen atoms in total. The molecule has 156 valence electrons. The van der Waals surface area contributed by atoms with Crippen LogP contribution in [0.3, 0.4) is 0 Å². The molecule has 2 aliphatic rings. The van der Waals surface area contributed by atoms with E-state index in [1.807, 2.05) is 0 Å². The molecule has 0 aromatic carbocycles. The topological polar surface area (TPSA) is 74.8 Å². The number of methoxy groups -OCH3 is 1. The molecule has 1 saturated heterocycles. The van der Waals surface area contributed by atoms with Crippen LogP contribution in [0.2, 0.25) is 4.34 Å². The maximum absolute atomic E-state index is 13.1. The lowest BCUT2D eigenvalue weighted by molar-refractivity contribution is 0.0692. The van der Waals surface area contributed by atoms with Crippen molar-refractivity contribution in [3.8, 4) is 0 Å². The van der Waals surface area contributed by atoms with Crippen molar-refractivity contribution in [1.82, 2.24) is 20.1 Å². The van der Waals surface area contributed by atoms with Gasteiger partial charge in [0.05, 0.1) is 27.1 Å². The third-order valence-corrected chi connectivity index (χ3v) is 8.11. The van der Waals surface area contributed by atoms with Crippen molar-refractivity contribution >= 4 is 46.1 Å². The van der Waals surface area contributed by atoms with Gasteiger partial charge in [-0.15, -0.1) is 22.7 Å². The largest absolute Gasteiger partial charge is 0.377 e. The highest BCUT2D eigenvalue weighted by Crippen LogP contribution is 2.33. The van der Waals surface area contributed by atoms with Gasteiger partial charge in [0.2, 0.25) is 0 Å². The molecule has 4 rings (SSSR count). The van der Waals surface area contributed by atoms with E-state index in [1.165, 1.54) is 27.6 Å². The number of nitrogens with zero attached hydrogens (tertiary/aromatic N) is 3. The number of amides is 2. The van der Waals surface area contributed by atoms with E-state index in [0.717, 1.165) is 18.7 Å². The number of thiazole rings is 1. The van der Waals surface area contributed by atoms with Crippen LogP contribution < -0.4 is 5.32 Å². The van der Waals surface area contributed by atoms with Crippen molar-refractivity contribution in [3.05, 3.63) is 36.9 Å². The molecule has 0 radical (unpaired) electrons. The number of aromatic nitrogens is 1. The Bertz CT molecular complexity index is 930. The lowest BCUT2D eigenvalue weighted by atomic mass is 10.1. The molecule has 0 bridgehead atoms. The van der Waals surface area contributed by atoms with E-state index in [-0.39, 0.29) is 30.0 Å². The van der Waals surface area contributed by atoms with Crippen LogP contribution in [0.4, 0.5) is 0 Å². The lowest BCUT2D eigenvalue weighted by Gasteiger charge is -2.28. The second-order valence-corrected chi connectivity index (χ2v) is 10.2. The SMILES string of the molecule is CO[C@H]1CN(C(=O)c2nc3c(s2)C(C)N(C)CC3)C[C@@H]1NC(=O)c1ccc(Cl)s1. The second-order valence-electron chi connectivity index (χ2n) is 7.40. The quantitative estimate of drug-likeness (QED) is 0.768. The Labute approximate surface area is 182 Å². The standard InChI is InChI=1S/C19H23ClN4O3S2/c1-10-16-11(6-7-23(10)2)22-18(29-16)19(26)24-8-12(13(9-24)27-3)21-17(25)14-4-5-15(20)28-14/h4-5,10,12-13H,6-9H2,1-3H3,(H,21,25)/t10?,12-,13-/m0/s1. The molecule has 2 amide bonds. The Hall–Kier alpha value is -1.52. The summed E-state index contributed by atoms with van der Waals surface area (Å²) < 4.78 is 6.10. The Balaban J connectivity index is 1.46. The number of hydrogen-bond donors (Lipinski definition) is 1. The summed E-state index contributed by atoms with van der Waals surface area (Å²) in [5.41, 5.74) is 1.03. The Morgan fingerprint density at radius 3 is 2.79 bits per heavy atom. The zero-order valence-corrected chi connectivity index (χ0v) is 18.9. The number of carbonyl (C=O) groups excluding carboxylic acids is 2. The molecule has 4 heterocycles. The van der Waals surface area contributed by atoms with Crippen LogP contribution in [-0.2, 0) is 11.2 Å². The molecular formula is C19H23ClN4O3S2. The van der Waals surface area contributed by atoms with Crippen LogP contribution in [0.15, 0.2) is 12.1 Å². The summed E-state index contributed by atoms with van der Waals surface area (Å²) in [5.74, 6) is -0.304. The van der Waals surface area contributed by atoms with E-state index in [1.54, 1.807) is 24.1 Å². The maximum Gasteiger partial charge on any atom is 0.283 e. The zero-order chi connectivity index (χ0) is 20.7. The van der Waals surface area contributed by atoms with Crippen LogP contribution in [0.25, 0.3) is 0 Å². The van der Waals surface area contributed by atoms with Gasteiger partial charge in [-0.1, -0.05) is 11.6 Å². The van der Waals surface area contributed by atoms with Crippen LogP contribution in [-0.4, -0.2) is 72.5 Å². The first-order valence-corrected chi connectivity index (χ1v) is 11.5. The summed E-state index contributed by atoms with van der Waals surface area (Å²) in [6, 6.07) is 3.38. The number of rotatable bonds is 4. The first-order chi connectivity index (χ1) is 13.9. The summed E-state index contributed by atoms with van der Waals surface area (Å²) in [7, 11) is 3.69. The van der Waals surface area contributed by atoms with Crippen molar-refractivity contribution in [2.24, 2.45) is 0 Å². The Morgan fingerprint density at radius 2 is 2.10 bits per heavy atom. The minimum atomic E-state index is -0.281. The normalized spacial score (nSPS) is 24.6. The minimum absolute atomic E-state index is 0.0998. The Morgan fingerprint density at radius 1 is 1.31 bits per heavy atom. The van der Waals surface area contributed by atoms with Crippen LogP contribution >= 0.6 is 34.3 Å². The summed E-state index contributed by atoms with van der Waals surface area (Å²) in [5, 5.41) is 3.50. The first-order valence-electron chi connectivity index (χ1n) is 9.45. The fourth-order valence-electron chi connectivity index (χ4n) is 3.76. The van der Waals surface area contributed by atoms with Crippen LogP contribution in [0.1, 0.15) is 43.0 Å². The number of carbonyl (C=O) groups is 2. The van der Waals surface area contributed by atoms with Gasteiger partial charge in [-0.25, -0.2) is 4.98 Å². The van der Waals surface area contributed by atoms with E-state index in [9.17, 15) is 9.59 Å². The third kappa shape index (κ3) is 4.06. The van der Waals surface area contributed by atoms with Gasteiger partial charge >= 0.3 is 0 Å². The summed E-state index contributed by atoms with van der Waals surface area (Å²) >= 11 is 8.63. The highest BCUT2D eigenvalue weighted by Gasteiger charge is 2.38. The predicted molar refractivity (Wildman–Crippen MR) is 114 cm³/mol. The van der Waals surface area contributed by atoms with Crippen molar-refractivity contribution < 1.29 is 14.3 Å². The highest BCUT2D eigenvalue weighted by molar-refractivity contribution is 7.18. The number of ether oxygens (including phenoxy) is 1. The van der Waals surface area contributed by atoms with Crippen molar-refractivity contribution in [3.63, 3.8) is 0 Å². The molecule has 2 aromatic heterocycles. The molecule has 29 heavy (non-hydrogen) atoms. The van der Waals surface area contributed by atoms with E-state index in [4.69, 9.17) is 16.3 Å². The van der Waals surface area contributed by atoms with E-state index < -0.39 is 0 Å². The predicted octanol–water partition coefficient (Wildman–Crippen LogP) is 2.68. The minimum Gasteiger partial charge on any atom is -0.377 e. The highest BCUT2D eigenvalue weighted by atomic mass is 35.5. The zero-order valence-electron chi connectivity index (χ0n) is 16.5. The molecule has 0 spiro atoms. The average Bonchev–Trinajstić information content (AvgIpc) is 3.42. The number of likely N-dealkylation sites (tertiary alicyclic amines) is 1. The van der Waals surface area contributed by atoms with Crippen molar-refractivity contribution in [2.45, 2.75) is 31.5 Å². The van der Waals surface area contributed by atoms with E-state index >= 15 is 0 Å². The van der Waals surface area contributed by atoms with Crippen LogP contribution in [0, 0.1) is 0 Å². The van der Waals surface area contributed by atoms with Crippen molar-refractivity contribution in [2.75, 3.05) is 33.8 Å². The molecule has 1 N–H and O–H groups in total. The summed E-state index contributed by atoms with van der Waals surface area (Å²) in [4.78, 5) is 35.9. The van der Waals surface area contributed by atoms with Gasteiger partial charge in [0, 0.05) is 44.1 Å². The Kier molecular flexibility index (Phi) is 5.94. The van der Waals surface area contributed by atoms with E-state index in [0.29, 0.717) is 27.3 Å². The molecule has 2 aromatic rings. The average molecular weight is 455 g/mol.